The first-order chi connectivity index (χ1) is 10.4. The quantitative estimate of drug-likeness (QED) is 0.878. The highest BCUT2D eigenvalue weighted by Crippen LogP contribution is 2.19. The predicted octanol–water partition coefficient (Wildman–Crippen LogP) is 1.24. The van der Waals surface area contributed by atoms with Crippen LogP contribution in [0.5, 0.6) is 0 Å². The van der Waals surface area contributed by atoms with E-state index in [2.05, 4.69) is 5.32 Å². The average Bonchev–Trinajstić information content (AvgIpc) is 2.53. The average molecular weight is 303 g/mol. The van der Waals surface area contributed by atoms with Crippen molar-refractivity contribution < 1.29 is 9.59 Å². The van der Waals surface area contributed by atoms with Crippen molar-refractivity contribution in [1.82, 2.24) is 10.2 Å². The van der Waals surface area contributed by atoms with Crippen LogP contribution in [0.4, 0.5) is 0 Å². The number of nitrogens with zero attached hydrogens (tertiary/aromatic N) is 1. The molecule has 2 amide bonds. The zero-order chi connectivity index (χ0) is 16.2. The van der Waals surface area contributed by atoms with Crippen LogP contribution < -0.4 is 11.1 Å². The predicted molar refractivity (Wildman–Crippen MR) is 86.0 cm³/mol. The van der Waals surface area contributed by atoms with Gasteiger partial charge in [0, 0.05) is 26.6 Å². The van der Waals surface area contributed by atoms with E-state index in [0.29, 0.717) is 12.5 Å². The fraction of sp³-hybridized carbons (Fsp3) is 0.529. The standard InChI is InChI=1S/C17H25N3O2/c1-13(21)20-10-8-14(9-11-20)12-19-16(22)17(2,18)15-6-4-3-5-7-15/h3-7,14H,8-12,18H2,1-2H3,(H,19,22). The number of carbonyl (C=O) groups is 2. The van der Waals surface area contributed by atoms with Gasteiger partial charge in [-0.05, 0) is 31.2 Å². The number of hydrogen-bond donors (Lipinski definition) is 2. The molecule has 0 aromatic heterocycles. The summed E-state index contributed by atoms with van der Waals surface area (Å²) in [5.74, 6) is 0.375. The fourth-order valence-corrected chi connectivity index (χ4v) is 2.79. The van der Waals surface area contributed by atoms with Crippen LogP contribution in [0.3, 0.4) is 0 Å². The lowest BCUT2D eigenvalue weighted by Crippen LogP contribution is -2.50. The minimum atomic E-state index is -1.03. The van der Waals surface area contributed by atoms with Crippen LogP contribution in [0.2, 0.25) is 0 Å². The Bertz CT molecular complexity index is 520. The van der Waals surface area contributed by atoms with Crippen molar-refractivity contribution in [3.8, 4) is 0 Å². The molecule has 0 bridgehead atoms. The van der Waals surface area contributed by atoms with Crippen LogP contribution in [-0.2, 0) is 15.1 Å². The normalized spacial score (nSPS) is 18.6. The second-order valence-electron chi connectivity index (χ2n) is 6.23. The molecule has 1 saturated heterocycles. The van der Waals surface area contributed by atoms with Crippen molar-refractivity contribution in [2.24, 2.45) is 11.7 Å². The van der Waals surface area contributed by atoms with E-state index in [1.165, 1.54) is 0 Å². The van der Waals surface area contributed by atoms with E-state index in [-0.39, 0.29) is 11.8 Å². The van der Waals surface area contributed by atoms with E-state index in [1.807, 2.05) is 35.2 Å². The molecule has 1 aliphatic rings. The molecule has 22 heavy (non-hydrogen) atoms. The van der Waals surface area contributed by atoms with Gasteiger partial charge in [0.05, 0.1) is 0 Å². The first-order valence-electron chi connectivity index (χ1n) is 7.79. The molecule has 0 saturated carbocycles. The first-order valence-corrected chi connectivity index (χ1v) is 7.79. The first kappa shape index (κ1) is 16.5. The molecule has 3 N–H and O–H groups in total. The molecular weight excluding hydrogens is 278 g/mol. The lowest BCUT2D eigenvalue weighted by molar-refractivity contribution is -0.130. The van der Waals surface area contributed by atoms with Crippen molar-refractivity contribution in [3.63, 3.8) is 0 Å². The summed E-state index contributed by atoms with van der Waals surface area (Å²) in [6.45, 7) is 5.49. The summed E-state index contributed by atoms with van der Waals surface area (Å²) in [7, 11) is 0. The highest BCUT2D eigenvalue weighted by molar-refractivity contribution is 5.86. The molecule has 5 heteroatoms. The summed E-state index contributed by atoms with van der Waals surface area (Å²) in [6, 6.07) is 9.40. The zero-order valence-electron chi connectivity index (χ0n) is 13.3. The Hall–Kier alpha value is -1.88. The van der Waals surface area contributed by atoms with Crippen molar-refractivity contribution in [1.29, 1.82) is 0 Å². The smallest absolute Gasteiger partial charge is 0.244 e. The van der Waals surface area contributed by atoms with Gasteiger partial charge in [-0.3, -0.25) is 9.59 Å². The molecule has 0 spiro atoms. The summed E-state index contributed by atoms with van der Waals surface area (Å²) < 4.78 is 0. The van der Waals surface area contributed by atoms with Crippen LogP contribution >= 0.6 is 0 Å². The van der Waals surface area contributed by atoms with Crippen molar-refractivity contribution in [2.45, 2.75) is 32.2 Å². The zero-order valence-corrected chi connectivity index (χ0v) is 13.3. The summed E-state index contributed by atoms with van der Waals surface area (Å²) >= 11 is 0. The molecule has 1 atom stereocenters. The van der Waals surface area contributed by atoms with Crippen molar-refractivity contribution in [2.75, 3.05) is 19.6 Å². The van der Waals surface area contributed by atoms with Gasteiger partial charge in [0.15, 0.2) is 0 Å². The number of carbonyl (C=O) groups excluding carboxylic acids is 2. The van der Waals surface area contributed by atoms with Crippen molar-refractivity contribution >= 4 is 11.8 Å². The number of hydrogen-bond acceptors (Lipinski definition) is 3. The molecule has 1 unspecified atom stereocenters. The Kier molecular flexibility index (Phi) is 5.19. The molecular formula is C17H25N3O2. The third kappa shape index (κ3) is 3.85. The Labute approximate surface area is 131 Å². The van der Waals surface area contributed by atoms with Gasteiger partial charge in [-0.1, -0.05) is 30.3 Å². The molecule has 120 valence electrons. The maximum absolute atomic E-state index is 12.4. The van der Waals surface area contributed by atoms with Crippen LogP contribution in [0.25, 0.3) is 0 Å². The Morgan fingerprint density at radius 1 is 1.27 bits per heavy atom. The van der Waals surface area contributed by atoms with Gasteiger partial charge in [0.25, 0.3) is 0 Å². The van der Waals surface area contributed by atoms with Crippen LogP contribution in [0.1, 0.15) is 32.3 Å². The minimum absolute atomic E-state index is 0.126. The maximum Gasteiger partial charge on any atom is 0.244 e. The Morgan fingerprint density at radius 3 is 2.41 bits per heavy atom. The summed E-state index contributed by atoms with van der Waals surface area (Å²) in [6.07, 6.45) is 1.85. The molecule has 0 radical (unpaired) electrons. The van der Waals surface area contributed by atoms with Gasteiger partial charge in [0.2, 0.25) is 11.8 Å². The highest BCUT2D eigenvalue weighted by Gasteiger charge is 2.31. The van der Waals surface area contributed by atoms with Gasteiger partial charge in [0.1, 0.15) is 5.54 Å². The topological polar surface area (TPSA) is 75.4 Å². The number of amides is 2. The largest absolute Gasteiger partial charge is 0.354 e. The van der Waals surface area contributed by atoms with Gasteiger partial charge in [-0.25, -0.2) is 0 Å². The SMILES string of the molecule is CC(=O)N1CCC(CNC(=O)C(C)(N)c2ccccc2)CC1. The third-order valence-electron chi connectivity index (χ3n) is 4.46. The van der Waals surface area contributed by atoms with E-state index >= 15 is 0 Å². The number of likely N-dealkylation sites (tertiary alicyclic amines) is 1. The molecule has 1 aromatic rings. The lowest BCUT2D eigenvalue weighted by Gasteiger charge is -2.32. The second kappa shape index (κ2) is 6.92. The Morgan fingerprint density at radius 2 is 1.86 bits per heavy atom. The lowest BCUT2D eigenvalue weighted by atomic mass is 9.91. The van der Waals surface area contributed by atoms with Gasteiger partial charge < -0.3 is 16.0 Å². The van der Waals surface area contributed by atoms with Crippen LogP contribution in [0.15, 0.2) is 30.3 Å². The highest BCUT2D eigenvalue weighted by atomic mass is 16.2. The number of rotatable bonds is 4. The molecule has 5 nitrogen and oxygen atoms in total. The van der Waals surface area contributed by atoms with Crippen LogP contribution in [-0.4, -0.2) is 36.3 Å². The molecule has 1 aliphatic heterocycles. The molecule has 0 aliphatic carbocycles. The van der Waals surface area contributed by atoms with Gasteiger partial charge in [-0.15, -0.1) is 0 Å². The van der Waals surface area contributed by atoms with E-state index in [0.717, 1.165) is 31.5 Å². The molecule has 1 fully saturated rings. The fourth-order valence-electron chi connectivity index (χ4n) is 2.79. The minimum Gasteiger partial charge on any atom is -0.354 e. The number of nitrogens with one attached hydrogen (secondary N) is 1. The number of benzene rings is 1. The second-order valence-corrected chi connectivity index (χ2v) is 6.23. The number of nitrogens with two attached hydrogens (primary N) is 1. The van der Waals surface area contributed by atoms with Crippen LogP contribution in [0, 0.1) is 5.92 Å². The van der Waals surface area contributed by atoms with Gasteiger partial charge >= 0.3 is 0 Å². The third-order valence-corrected chi connectivity index (χ3v) is 4.46. The molecule has 1 heterocycles. The molecule has 1 aromatic carbocycles. The van der Waals surface area contributed by atoms with Crippen molar-refractivity contribution in [3.05, 3.63) is 35.9 Å². The molecule has 2 rings (SSSR count). The van der Waals surface area contributed by atoms with E-state index in [4.69, 9.17) is 5.73 Å². The van der Waals surface area contributed by atoms with E-state index in [1.54, 1.807) is 13.8 Å². The van der Waals surface area contributed by atoms with E-state index < -0.39 is 5.54 Å². The summed E-state index contributed by atoms with van der Waals surface area (Å²) in [5, 5.41) is 2.97. The monoisotopic (exact) mass is 303 g/mol. The summed E-state index contributed by atoms with van der Waals surface area (Å²) in [4.78, 5) is 25.5. The maximum atomic E-state index is 12.4. The Balaban J connectivity index is 1.84. The van der Waals surface area contributed by atoms with Gasteiger partial charge in [-0.2, -0.15) is 0 Å². The number of piperidine rings is 1. The summed E-state index contributed by atoms with van der Waals surface area (Å²) in [5.41, 5.74) is 5.97. The van der Waals surface area contributed by atoms with E-state index in [9.17, 15) is 9.59 Å².